The Morgan fingerprint density at radius 2 is 0.961 bits per heavy atom. The van der Waals surface area contributed by atoms with Crippen LogP contribution in [0.15, 0.2) is 199 Å². The summed E-state index contributed by atoms with van der Waals surface area (Å²) in [6, 6.07) is 71.3. The van der Waals surface area contributed by atoms with Crippen molar-refractivity contribution in [1.29, 1.82) is 0 Å². The fourth-order valence-electron chi connectivity index (χ4n) is 8.53. The summed E-state index contributed by atoms with van der Waals surface area (Å²) in [7, 11) is 0. The summed E-state index contributed by atoms with van der Waals surface area (Å²) in [5.41, 5.74) is 15.8. The molecular formula is C49H32BrN. The Morgan fingerprint density at radius 3 is 1.73 bits per heavy atom. The third kappa shape index (κ3) is 4.60. The third-order valence-electron chi connectivity index (χ3n) is 10.7. The molecule has 240 valence electrons. The highest BCUT2D eigenvalue weighted by molar-refractivity contribution is 9.10. The summed E-state index contributed by atoms with van der Waals surface area (Å²) in [5.74, 6) is 0. The Labute approximate surface area is 306 Å². The van der Waals surface area contributed by atoms with Gasteiger partial charge in [0.15, 0.2) is 0 Å². The number of halogens is 1. The van der Waals surface area contributed by atoms with Crippen LogP contribution < -0.4 is 0 Å². The summed E-state index contributed by atoms with van der Waals surface area (Å²) in [5, 5.41) is 2.50. The molecule has 0 aliphatic heterocycles. The molecule has 10 rings (SSSR count). The smallest absolute Gasteiger partial charge is 0.0713 e. The van der Waals surface area contributed by atoms with Crippen molar-refractivity contribution in [2.45, 2.75) is 5.41 Å². The van der Waals surface area contributed by atoms with Crippen molar-refractivity contribution in [3.05, 3.63) is 221 Å². The summed E-state index contributed by atoms with van der Waals surface area (Å²) < 4.78 is 3.53. The molecule has 1 heterocycles. The van der Waals surface area contributed by atoms with E-state index in [0.29, 0.717) is 0 Å². The average Bonchev–Trinajstić information content (AvgIpc) is 3.69. The first kappa shape index (κ1) is 29.9. The van der Waals surface area contributed by atoms with Crippen LogP contribution >= 0.6 is 15.9 Å². The van der Waals surface area contributed by atoms with Gasteiger partial charge in [-0.3, -0.25) is 0 Å². The van der Waals surface area contributed by atoms with Crippen LogP contribution in [0.5, 0.6) is 0 Å². The van der Waals surface area contributed by atoms with Crippen LogP contribution in [0.25, 0.3) is 60.9 Å². The molecule has 0 spiro atoms. The summed E-state index contributed by atoms with van der Waals surface area (Å²) in [6.07, 6.45) is 0. The van der Waals surface area contributed by atoms with Crippen LogP contribution in [-0.4, -0.2) is 4.57 Å². The molecule has 9 aromatic rings. The van der Waals surface area contributed by atoms with Crippen LogP contribution in [0.1, 0.15) is 22.3 Å². The number of fused-ring (bicyclic) bond motifs is 6. The van der Waals surface area contributed by atoms with Crippen molar-refractivity contribution in [2.75, 3.05) is 0 Å². The van der Waals surface area contributed by atoms with Crippen LogP contribution in [-0.2, 0) is 5.41 Å². The van der Waals surface area contributed by atoms with E-state index >= 15 is 0 Å². The molecule has 51 heavy (non-hydrogen) atoms. The number of aromatic nitrogens is 1. The van der Waals surface area contributed by atoms with Crippen molar-refractivity contribution >= 4 is 37.7 Å². The van der Waals surface area contributed by atoms with Gasteiger partial charge >= 0.3 is 0 Å². The predicted octanol–water partition coefficient (Wildman–Crippen LogP) is 13.2. The van der Waals surface area contributed by atoms with Gasteiger partial charge in [-0.15, -0.1) is 0 Å². The molecule has 2 heteroatoms. The van der Waals surface area contributed by atoms with E-state index in [2.05, 4.69) is 215 Å². The van der Waals surface area contributed by atoms with E-state index in [1.807, 2.05) is 0 Å². The number of para-hydroxylation sites is 1. The molecule has 0 radical (unpaired) electrons. The highest BCUT2D eigenvalue weighted by Crippen LogP contribution is 2.56. The SMILES string of the molecule is Brc1ccc(-c2cccc(-c3ccc4c(c3)c3ccccc3n4-c3ccc4c(c3)-c3ccccc3C4(c3ccccc3)c3ccccc3)c2)cc1. The maximum atomic E-state index is 3.57. The fourth-order valence-corrected chi connectivity index (χ4v) is 8.79. The van der Waals surface area contributed by atoms with Gasteiger partial charge in [-0.1, -0.05) is 162 Å². The monoisotopic (exact) mass is 713 g/mol. The first-order valence-electron chi connectivity index (χ1n) is 17.5. The largest absolute Gasteiger partial charge is 0.309 e. The van der Waals surface area contributed by atoms with Gasteiger partial charge in [-0.05, 0) is 104 Å². The fraction of sp³-hybridized carbons (Fsp3) is 0.0204. The summed E-state index contributed by atoms with van der Waals surface area (Å²) in [6.45, 7) is 0. The van der Waals surface area contributed by atoms with Gasteiger partial charge in [-0.2, -0.15) is 0 Å². The van der Waals surface area contributed by atoms with E-state index in [4.69, 9.17) is 0 Å². The van der Waals surface area contributed by atoms with E-state index in [9.17, 15) is 0 Å². The highest BCUT2D eigenvalue weighted by Gasteiger charge is 2.46. The van der Waals surface area contributed by atoms with Crippen LogP contribution in [0.3, 0.4) is 0 Å². The minimum atomic E-state index is -0.409. The van der Waals surface area contributed by atoms with Crippen molar-refractivity contribution in [1.82, 2.24) is 4.57 Å². The lowest BCUT2D eigenvalue weighted by molar-refractivity contribution is 0.768. The number of rotatable bonds is 5. The zero-order chi connectivity index (χ0) is 33.9. The summed E-state index contributed by atoms with van der Waals surface area (Å²) in [4.78, 5) is 0. The predicted molar refractivity (Wildman–Crippen MR) is 217 cm³/mol. The molecule has 0 saturated carbocycles. The number of nitrogens with zero attached hydrogens (tertiary/aromatic N) is 1. The first-order chi connectivity index (χ1) is 25.2. The molecule has 1 aromatic heterocycles. The molecule has 1 aliphatic carbocycles. The molecule has 0 bridgehead atoms. The van der Waals surface area contributed by atoms with E-state index < -0.39 is 5.41 Å². The van der Waals surface area contributed by atoms with Gasteiger partial charge in [0.05, 0.1) is 16.4 Å². The van der Waals surface area contributed by atoms with Gasteiger partial charge in [0.1, 0.15) is 0 Å². The molecule has 0 N–H and O–H groups in total. The number of hydrogen-bond donors (Lipinski definition) is 0. The quantitative estimate of drug-likeness (QED) is 0.167. The first-order valence-corrected chi connectivity index (χ1v) is 18.2. The minimum Gasteiger partial charge on any atom is -0.309 e. The molecule has 1 aliphatic rings. The van der Waals surface area contributed by atoms with E-state index in [1.54, 1.807) is 0 Å². The Hall–Kier alpha value is -5.96. The zero-order valence-corrected chi connectivity index (χ0v) is 29.4. The molecule has 0 unspecified atom stereocenters. The second-order valence-corrected chi connectivity index (χ2v) is 14.3. The molecule has 1 nitrogen and oxygen atoms in total. The van der Waals surface area contributed by atoms with Crippen LogP contribution in [0, 0.1) is 0 Å². The molecule has 0 amide bonds. The Kier molecular flexibility index (Phi) is 6.94. The molecule has 0 atom stereocenters. The Morgan fingerprint density at radius 1 is 0.373 bits per heavy atom. The van der Waals surface area contributed by atoms with E-state index in [1.165, 1.54) is 77.4 Å². The minimum absolute atomic E-state index is 0.409. The summed E-state index contributed by atoms with van der Waals surface area (Å²) >= 11 is 3.57. The van der Waals surface area contributed by atoms with Gasteiger partial charge < -0.3 is 4.57 Å². The third-order valence-corrected chi connectivity index (χ3v) is 11.3. The van der Waals surface area contributed by atoms with Crippen molar-refractivity contribution in [2.24, 2.45) is 0 Å². The average molecular weight is 715 g/mol. The Bertz CT molecular complexity index is 2700. The maximum Gasteiger partial charge on any atom is 0.0713 e. The number of benzene rings is 8. The van der Waals surface area contributed by atoms with Crippen molar-refractivity contribution < 1.29 is 0 Å². The highest BCUT2D eigenvalue weighted by atomic mass is 79.9. The zero-order valence-electron chi connectivity index (χ0n) is 27.8. The van der Waals surface area contributed by atoms with Gasteiger partial charge in [0, 0.05) is 20.9 Å². The van der Waals surface area contributed by atoms with Gasteiger partial charge in [-0.25, -0.2) is 0 Å². The second-order valence-electron chi connectivity index (χ2n) is 13.4. The van der Waals surface area contributed by atoms with Crippen LogP contribution in [0.2, 0.25) is 0 Å². The van der Waals surface area contributed by atoms with E-state index in [0.717, 1.165) is 10.2 Å². The maximum absolute atomic E-state index is 3.57. The molecule has 0 saturated heterocycles. The lowest BCUT2D eigenvalue weighted by Gasteiger charge is -2.33. The molecule has 0 fully saturated rings. The normalized spacial score (nSPS) is 13.0. The van der Waals surface area contributed by atoms with Crippen molar-refractivity contribution in [3.8, 4) is 39.1 Å². The Balaban J connectivity index is 1.17. The lowest BCUT2D eigenvalue weighted by Crippen LogP contribution is -2.28. The molecular weight excluding hydrogens is 682 g/mol. The number of hydrogen-bond acceptors (Lipinski definition) is 0. The van der Waals surface area contributed by atoms with Gasteiger partial charge in [0.2, 0.25) is 0 Å². The standard InChI is InChI=1S/C49H32BrN/c50-39-25-22-33(23-26-39)34-12-11-13-35(30-34)36-24-29-48-44(31-36)42-19-8-10-21-47(42)51(48)40-27-28-46-43(32-40)41-18-7-9-20-45(41)49(46,37-14-3-1-4-15-37)38-16-5-2-6-17-38/h1-32H. The van der Waals surface area contributed by atoms with Crippen LogP contribution in [0.4, 0.5) is 0 Å². The van der Waals surface area contributed by atoms with Gasteiger partial charge in [0.25, 0.3) is 0 Å². The second kappa shape index (κ2) is 11.8. The molecule has 8 aromatic carbocycles. The lowest BCUT2D eigenvalue weighted by atomic mass is 9.68. The van der Waals surface area contributed by atoms with Crippen molar-refractivity contribution in [3.63, 3.8) is 0 Å². The topological polar surface area (TPSA) is 4.93 Å². The van der Waals surface area contributed by atoms with E-state index in [-0.39, 0.29) is 0 Å².